The van der Waals surface area contributed by atoms with Gasteiger partial charge in [0.25, 0.3) is 0 Å². The summed E-state index contributed by atoms with van der Waals surface area (Å²) in [5.74, 6) is 1.50. The van der Waals surface area contributed by atoms with Crippen LogP contribution in [0.3, 0.4) is 0 Å². The van der Waals surface area contributed by atoms with Crippen LogP contribution in [0.5, 0.6) is 11.5 Å². The Labute approximate surface area is 126 Å². The molecule has 0 bridgehead atoms. The van der Waals surface area contributed by atoms with Crippen molar-refractivity contribution in [1.29, 1.82) is 0 Å². The average Bonchev–Trinajstić information content (AvgIpc) is 2.93. The molecule has 0 saturated carbocycles. The zero-order valence-electron chi connectivity index (χ0n) is 13.3. The predicted molar refractivity (Wildman–Crippen MR) is 86.3 cm³/mol. The number of aryl methyl sites for hydroxylation is 2. The lowest BCUT2D eigenvalue weighted by atomic mass is 10.1. The molecule has 2 rings (SSSR count). The number of methoxy groups -OCH3 is 2. The second kappa shape index (κ2) is 7.07. The Morgan fingerprint density at radius 3 is 2.52 bits per heavy atom. The summed E-state index contributed by atoms with van der Waals surface area (Å²) in [6, 6.07) is 8.22. The maximum atomic E-state index is 5.36. The van der Waals surface area contributed by atoms with Gasteiger partial charge in [-0.1, -0.05) is 6.92 Å². The van der Waals surface area contributed by atoms with Crippen LogP contribution in [0, 0.1) is 6.92 Å². The van der Waals surface area contributed by atoms with Gasteiger partial charge in [-0.3, -0.25) is 0 Å². The molecule has 21 heavy (non-hydrogen) atoms. The molecule has 0 aliphatic rings. The van der Waals surface area contributed by atoms with Crippen LogP contribution in [-0.4, -0.2) is 18.8 Å². The molecular formula is C17H24N2O2. The highest BCUT2D eigenvalue weighted by atomic mass is 16.5. The molecule has 4 nitrogen and oxygen atoms in total. The van der Waals surface area contributed by atoms with E-state index >= 15 is 0 Å². The predicted octanol–water partition coefficient (Wildman–Crippen LogP) is 3.84. The van der Waals surface area contributed by atoms with E-state index < -0.39 is 0 Å². The Morgan fingerprint density at radius 1 is 1.14 bits per heavy atom. The largest absolute Gasteiger partial charge is 0.493 e. The maximum Gasteiger partial charge on any atom is 0.162 e. The average molecular weight is 288 g/mol. The van der Waals surface area contributed by atoms with Crippen LogP contribution in [-0.2, 0) is 13.1 Å². The second-order valence-electron chi connectivity index (χ2n) is 5.07. The number of hydrogen-bond acceptors (Lipinski definition) is 3. The molecule has 1 N–H and O–H groups in total. The van der Waals surface area contributed by atoms with E-state index in [0.717, 1.165) is 42.3 Å². The Kier molecular flexibility index (Phi) is 5.14. The van der Waals surface area contributed by atoms with Gasteiger partial charge in [0, 0.05) is 30.2 Å². The number of rotatable bonds is 7. The van der Waals surface area contributed by atoms with Gasteiger partial charge in [0.1, 0.15) is 0 Å². The van der Waals surface area contributed by atoms with Gasteiger partial charge in [-0.05, 0) is 37.1 Å². The molecule has 0 unspecified atom stereocenters. The molecule has 0 saturated heterocycles. The van der Waals surface area contributed by atoms with Gasteiger partial charge >= 0.3 is 0 Å². The normalized spacial score (nSPS) is 10.5. The molecule has 0 atom stereocenters. The quantitative estimate of drug-likeness (QED) is 0.841. The number of hydrogen-bond donors (Lipinski definition) is 1. The first kappa shape index (κ1) is 15.3. The summed E-state index contributed by atoms with van der Waals surface area (Å²) in [5.41, 5.74) is 3.49. The minimum atomic E-state index is 0.745. The van der Waals surface area contributed by atoms with Crippen molar-refractivity contribution in [2.24, 2.45) is 0 Å². The van der Waals surface area contributed by atoms with Crippen LogP contribution in [0.15, 0.2) is 30.5 Å². The fourth-order valence-corrected chi connectivity index (χ4v) is 2.43. The van der Waals surface area contributed by atoms with Crippen molar-refractivity contribution in [3.8, 4) is 11.5 Å². The monoisotopic (exact) mass is 288 g/mol. The van der Waals surface area contributed by atoms with E-state index in [9.17, 15) is 0 Å². The molecule has 0 spiro atoms. The fraction of sp³-hybridized carbons (Fsp3) is 0.412. The number of anilines is 1. The zero-order chi connectivity index (χ0) is 15.2. The van der Waals surface area contributed by atoms with Crippen LogP contribution in [0.2, 0.25) is 0 Å². The van der Waals surface area contributed by atoms with E-state index in [1.165, 1.54) is 5.69 Å². The van der Waals surface area contributed by atoms with E-state index in [0.29, 0.717) is 0 Å². The Hall–Kier alpha value is -2.10. The van der Waals surface area contributed by atoms with E-state index in [1.54, 1.807) is 14.2 Å². The molecule has 2 aromatic rings. The van der Waals surface area contributed by atoms with Gasteiger partial charge in [-0.15, -0.1) is 0 Å². The Balaban J connectivity index is 2.14. The van der Waals surface area contributed by atoms with Crippen LogP contribution in [0.1, 0.15) is 24.6 Å². The molecule has 114 valence electrons. The molecule has 0 aliphatic carbocycles. The van der Waals surface area contributed by atoms with E-state index in [-0.39, 0.29) is 0 Å². The summed E-state index contributed by atoms with van der Waals surface area (Å²) < 4.78 is 13.0. The van der Waals surface area contributed by atoms with Gasteiger partial charge in [-0.25, -0.2) is 0 Å². The first-order valence-electron chi connectivity index (χ1n) is 7.30. The molecule has 4 heteroatoms. The summed E-state index contributed by atoms with van der Waals surface area (Å²) >= 11 is 0. The number of nitrogens with zero attached hydrogens (tertiary/aromatic N) is 1. The first-order valence-corrected chi connectivity index (χ1v) is 7.30. The van der Waals surface area contributed by atoms with E-state index in [2.05, 4.69) is 42.1 Å². The van der Waals surface area contributed by atoms with Gasteiger partial charge < -0.3 is 19.4 Å². The first-order chi connectivity index (χ1) is 10.2. The van der Waals surface area contributed by atoms with Crippen LogP contribution >= 0.6 is 0 Å². The smallest absolute Gasteiger partial charge is 0.162 e. The maximum absolute atomic E-state index is 5.36. The molecule has 1 aromatic carbocycles. The van der Waals surface area contributed by atoms with Crippen molar-refractivity contribution in [2.75, 3.05) is 19.5 Å². The molecular weight excluding hydrogens is 264 g/mol. The molecule has 1 heterocycles. The summed E-state index contributed by atoms with van der Waals surface area (Å²) in [5, 5.41) is 3.48. The van der Waals surface area contributed by atoms with Crippen molar-refractivity contribution >= 4 is 5.69 Å². The van der Waals surface area contributed by atoms with Crippen molar-refractivity contribution in [3.05, 3.63) is 41.7 Å². The van der Waals surface area contributed by atoms with E-state index in [4.69, 9.17) is 9.47 Å². The Bertz CT molecular complexity index is 590. The molecule has 0 fully saturated rings. The van der Waals surface area contributed by atoms with Gasteiger partial charge in [0.15, 0.2) is 11.5 Å². The lowest BCUT2D eigenvalue weighted by molar-refractivity contribution is 0.355. The highest BCUT2D eigenvalue weighted by Gasteiger charge is 2.09. The van der Waals surface area contributed by atoms with Crippen molar-refractivity contribution in [3.63, 3.8) is 0 Å². The van der Waals surface area contributed by atoms with Gasteiger partial charge in [0.2, 0.25) is 0 Å². The minimum absolute atomic E-state index is 0.745. The van der Waals surface area contributed by atoms with Gasteiger partial charge in [-0.2, -0.15) is 0 Å². The van der Waals surface area contributed by atoms with E-state index in [1.807, 2.05) is 12.1 Å². The summed E-state index contributed by atoms with van der Waals surface area (Å²) in [6.07, 6.45) is 3.26. The van der Waals surface area contributed by atoms with Crippen molar-refractivity contribution < 1.29 is 9.47 Å². The summed E-state index contributed by atoms with van der Waals surface area (Å²) in [4.78, 5) is 0. The summed E-state index contributed by atoms with van der Waals surface area (Å²) in [7, 11) is 3.31. The molecule has 0 aliphatic heterocycles. The fourth-order valence-electron chi connectivity index (χ4n) is 2.43. The molecule has 0 radical (unpaired) electrons. The standard InChI is InChI=1S/C17H24N2O2/c1-5-8-19-9-6-7-14(19)12-18-15-11-17(21-4)16(20-3)10-13(15)2/h6-7,9-11,18H,5,8,12H2,1-4H3. The topological polar surface area (TPSA) is 35.4 Å². The molecule has 0 amide bonds. The van der Waals surface area contributed by atoms with Crippen LogP contribution in [0.25, 0.3) is 0 Å². The van der Waals surface area contributed by atoms with Gasteiger partial charge in [0.05, 0.1) is 20.8 Å². The third-order valence-electron chi connectivity index (χ3n) is 3.58. The Morgan fingerprint density at radius 2 is 1.86 bits per heavy atom. The van der Waals surface area contributed by atoms with Crippen LogP contribution < -0.4 is 14.8 Å². The second-order valence-corrected chi connectivity index (χ2v) is 5.07. The number of aromatic nitrogens is 1. The number of ether oxygens (including phenoxy) is 2. The van der Waals surface area contributed by atoms with Crippen LogP contribution in [0.4, 0.5) is 5.69 Å². The number of benzene rings is 1. The third-order valence-corrected chi connectivity index (χ3v) is 3.58. The minimum Gasteiger partial charge on any atom is -0.493 e. The SMILES string of the molecule is CCCn1cccc1CNc1cc(OC)c(OC)cc1C. The highest BCUT2D eigenvalue weighted by molar-refractivity contribution is 5.60. The summed E-state index contributed by atoms with van der Waals surface area (Å²) in [6.45, 7) is 6.10. The lowest BCUT2D eigenvalue weighted by Gasteiger charge is -2.15. The van der Waals surface area contributed by atoms with Crippen molar-refractivity contribution in [2.45, 2.75) is 33.4 Å². The highest BCUT2D eigenvalue weighted by Crippen LogP contribution is 2.33. The van der Waals surface area contributed by atoms with Crippen molar-refractivity contribution in [1.82, 2.24) is 4.57 Å². The lowest BCUT2D eigenvalue weighted by Crippen LogP contribution is -2.08. The molecule has 1 aromatic heterocycles. The zero-order valence-corrected chi connectivity index (χ0v) is 13.3. The number of nitrogens with one attached hydrogen (secondary N) is 1. The third kappa shape index (κ3) is 3.51.